The molecule has 2 aromatic rings. The zero-order chi connectivity index (χ0) is 15.2. The Kier molecular flexibility index (Phi) is 5.14. The van der Waals surface area contributed by atoms with E-state index < -0.39 is 0 Å². The third-order valence-electron chi connectivity index (χ3n) is 3.39. The molecule has 0 saturated carbocycles. The SMILES string of the molecule is COc1cc(CO)ccc1/C=C/c1cc(C)ccc1CO. The summed E-state index contributed by atoms with van der Waals surface area (Å²) < 4.78 is 5.34. The highest BCUT2D eigenvalue weighted by Crippen LogP contribution is 2.23. The average molecular weight is 284 g/mol. The van der Waals surface area contributed by atoms with Gasteiger partial charge in [-0.1, -0.05) is 48.0 Å². The summed E-state index contributed by atoms with van der Waals surface area (Å²) in [7, 11) is 1.61. The summed E-state index contributed by atoms with van der Waals surface area (Å²) in [5.74, 6) is 0.719. The molecule has 0 saturated heterocycles. The van der Waals surface area contributed by atoms with Crippen LogP contribution in [0.5, 0.6) is 5.75 Å². The topological polar surface area (TPSA) is 49.7 Å². The second kappa shape index (κ2) is 7.07. The lowest BCUT2D eigenvalue weighted by Crippen LogP contribution is -1.91. The van der Waals surface area contributed by atoms with Crippen molar-refractivity contribution in [3.8, 4) is 5.75 Å². The fourth-order valence-corrected chi connectivity index (χ4v) is 2.18. The Bertz CT molecular complexity index is 645. The summed E-state index contributed by atoms with van der Waals surface area (Å²) >= 11 is 0. The van der Waals surface area contributed by atoms with E-state index in [1.807, 2.05) is 55.5 Å². The van der Waals surface area contributed by atoms with Crippen molar-refractivity contribution in [3.63, 3.8) is 0 Å². The molecule has 0 amide bonds. The zero-order valence-electron chi connectivity index (χ0n) is 12.3. The Labute approximate surface area is 125 Å². The molecule has 0 spiro atoms. The van der Waals surface area contributed by atoms with Crippen LogP contribution < -0.4 is 4.74 Å². The van der Waals surface area contributed by atoms with Crippen molar-refractivity contribution in [2.45, 2.75) is 20.1 Å². The number of ether oxygens (including phenoxy) is 1. The van der Waals surface area contributed by atoms with E-state index in [9.17, 15) is 5.11 Å². The normalized spacial score (nSPS) is 11.0. The minimum absolute atomic E-state index is 0.00705. The molecule has 0 unspecified atom stereocenters. The highest BCUT2D eigenvalue weighted by atomic mass is 16.5. The van der Waals surface area contributed by atoms with Gasteiger partial charge in [0.05, 0.1) is 20.3 Å². The first kappa shape index (κ1) is 15.3. The van der Waals surface area contributed by atoms with Crippen LogP contribution in [0.2, 0.25) is 0 Å². The second-order valence-electron chi connectivity index (χ2n) is 4.93. The van der Waals surface area contributed by atoms with Crippen molar-refractivity contribution in [2.75, 3.05) is 7.11 Å². The van der Waals surface area contributed by atoms with Crippen molar-refractivity contribution in [1.29, 1.82) is 0 Å². The van der Waals surface area contributed by atoms with Gasteiger partial charge in [-0.3, -0.25) is 0 Å². The van der Waals surface area contributed by atoms with Gasteiger partial charge in [0.15, 0.2) is 0 Å². The Morgan fingerprint density at radius 2 is 1.71 bits per heavy atom. The molecule has 0 radical (unpaired) electrons. The molecule has 0 aromatic heterocycles. The number of hydrogen-bond donors (Lipinski definition) is 2. The molecule has 0 aliphatic heterocycles. The third kappa shape index (κ3) is 3.72. The Morgan fingerprint density at radius 3 is 2.38 bits per heavy atom. The Morgan fingerprint density at radius 1 is 0.952 bits per heavy atom. The number of benzene rings is 2. The Hall–Kier alpha value is -2.10. The lowest BCUT2D eigenvalue weighted by molar-refractivity contribution is 0.281. The summed E-state index contributed by atoms with van der Waals surface area (Å²) in [6.07, 6.45) is 3.92. The zero-order valence-corrected chi connectivity index (χ0v) is 12.3. The molecule has 21 heavy (non-hydrogen) atoms. The number of aliphatic hydroxyl groups is 2. The van der Waals surface area contributed by atoms with Crippen molar-refractivity contribution >= 4 is 12.2 Å². The van der Waals surface area contributed by atoms with Crippen LogP contribution >= 0.6 is 0 Å². The second-order valence-corrected chi connectivity index (χ2v) is 4.93. The molecular weight excluding hydrogens is 264 g/mol. The highest BCUT2D eigenvalue weighted by Gasteiger charge is 2.03. The van der Waals surface area contributed by atoms with Gasteiger partial charge in [-0.2, -0.15) is 0 Å². The fraction of sp³-hybridized carbons (Fsp3) is 0.222. The van der Waals surface area contributed by atoms with E-state index in [-0.39, 0.29) is 13.2 Å². The van der Waals surface area contributed by atoms with Crippen LogP contribution in [0.1, 0.15) is 27.8 Å². The predicted molar refractivity (Wildman–Crippen MR) is 84.9 cm³/mol. The molecule has 0 heterocycles. The number of hydrogen-bond acceptors (Lipinski definition) is 3. The molecular formula is C18H20O3. The van der Waals surface area contributed by atoms with Crippen molar-refractivity contribution in [3.05, 3.63) is 64.2 Å². The molecule has 2 N–H and O–H groups in total. The summed E-state index contributed by atoms with van der Waals surface area (Å²) in [6.45, 7) is 2.03. The quantitative estimate of drug-likeness (QED) is 0.829. The summed E-state index contributed by atoms with van der Waals surface area (Å²) in [4.78, 5) is 0. The lowest BCUT2D eigenvalue weighted by Gasteiger charge is -2.08. The van der Waals surface area contributed by atoms with E-state index in [1.54, 1.807) is 7.11 Å². The minimum atomic E-state index is -0.00705. The molecule has 0 aliphatic rings. The number of aliphatic hydroxyl groups excluding tert-OH is 2. The van der Waals surface area contributed by atoms with Crippen molar-refractivity contribution < 1.29 is 14.9 Å². The van der Waals surface area contributed by atoms with Crippen LogP contribution in [-0.4, -0.2) is 17.3 Å². The molecule has 0 bridgehead atoms. The van der Waals surface area contributed by atoms with Gasteiger partial charge in [0.25, 0.3) is 0 Å². The molecule has 2 rings (SSSR count). The fourth-order valence-electron chi connectivity index (χ4n) is 2.18. The Balaban J connectivity index is 2.35. The average Bonchev–Trinajstić information content (AvgIpc) is 2.52. The predicted octanol–water partition coefficient (Wildman–Crippen LogP) is 3.16. The largest absolute Gasteiger partial charge is 0.496 e. The molecule has 0 atom stereocenters. The van der Waals surface area contributed by atoms with Gasteiger partial charge in [-0.05, 0) is 29.7 Å². The maximum Gasteiger partial charge on any atom is 0.126 e. The minimum Gasteiger partial charge on any atom is -0.496 e. The lowest BCUT2D eigenvalue weighted by atomic mass is 10.0. The van der Waals surface area contributed by atoms with Crippen LogP contribution in [0.3, 0.4) is 0 Å². The van der Waals surface area contributed by atoms with Crippen LogP contribution in [0.4, 0.5) is 0 Å². The summed E-state index contributed by atoms with van der Waals surface area (Å²) in [6, 6.07) is 11.6. The maximum atomic E-state index is 9.39. The number of methoxy groups -OCH3 is 1. The van der Waals surface area contributed by atoms with Gasteiger partial charge < -0.3 is 14.9 Å². The maximum absolute atomic E-state index is 9.39. The smallest absolute Gasteiger partial charge is 0.126 e. The number of aryl methyl sites for hydroxylation is 1. The molecule has 110 valence electrons. The number of rotatable bonds is 5. The van der Waals surface area contributed by atoms with E-state index >= 15 is 0 Å². The van der Waals surface area contributed by atoms with E-state index in [0.29, 0.717) is 0 Å². The molecule has 3 heteroatoms. The third-order valence-corrected chi connectivity index (χ3v) is 3.39. The van der Waals surface area contributed by atoms with Gasteiger partial charge in [0.1, 0.15) is 5.75 Å². The van der Waals surface area contributed by atoms with Gasteiger partial charge in [-0.25, -0.2) is 0 Å². The van der Waals surface area contributed by atoms with Crippen LogP contribution in [0, 0.1) is 6.92 Å². The molecule has 0 fully saturated rings. The van der Waals surface area contributed by atoms with E-state index in [1.165, 1.54) is 0 Å². The summed E-state index contributed by atoms with van der Waals surface area (Å²) in [5, 5.41) is 18.5. The first-order chi connectivity index (χ1) is 10.2. The molecule has 2 aromatic carbocycles. The van der Waals surface area contributed by atoms with Crippen LogP contribution in [-0.2, 0) is 13.2 Å². The molecule has 0 aliphatic carbocycles. The monoisotopic (exact) mass is 284 g/mol. The van der Waals surface area contributed by atoms with Crippen LogP contribution in [0.15, 0.2) is 36.4 Å². The summed E-state index contributed by atoms with van der Waals surface area (Å²) in [5.41, 5.74) is 4.78. The van der Waals surface area contributed by atoms with Crippen molar-refractivity contribution in [2.24, 2.45) is 0 Å². The first-order valence-corrected chi connectivity index (χ1v) is 6.84. The van der Waals surface area contributed by atoms with E-state index in [0.717, 1.165) is 33.6 Å². The van der Waals surface area contributed by atoms with Gasteiger partial charge in [-0.15, -0.1) is 0 Å². The van der Waals surface area contributed by atoms with Crippen molar-refractivity contribution in [1.82, 2.24) is 0 Å². The van der Waals surface area contributed by atoms with E-state index in [4.69, 9.17) is 9.84 Å². The van der Waals surface area contributed by atoms with Gasteiger partial charge in [0, 0.05) is 5.56 Å². The standard InChI is InChI=1S/C18H20O3/c1-13-3-5-17(12-20)16(9-13)8-7-15-6-4-14(11-19)10-18(15)21-2/h3-10,19-20H,11-12H2,1-2H3/b8-7+. The highest BCUT2D eigenvalue weighted by molar-refractivity contribution is 5.74. The van der Waals surface area contributed by atoms with Crippen LogP contribution in [0.25, 0.3) is 12.2 Å². The van der Waals surface area contributed by atoms with Gasteiger partial charge in [0.2, 0.25) is 0 Å². The molecule has 3 nitrogen and oxygen atoms in total. The van der Waals surface area contributed by atoms with Gasteiger partial charge >= 0.3 is 0 Å². The first-order valence-electron chi connectivity index (χ1n) is 6.84. The van der Waals surface area contributed by atoms with E-state index in [2.05, 4.69) is 0 Å².